The number of rotatable bonds is 6. The van der Waals surface area contributed by atoms with Crippen molar-refractivity contribution in [2.75, 3.05) is 0 Å². The van der Waals surface area contributed by atoms with E-state index in [9.17, 15) is 40.3 Å². The molecular formula is C14H10ClF7N2O2. The number of alkyl halides is 7. The molecule has 0 heterocycles. The van der Waals surface area contributed by atoms with Gasteiger partial charge in [0.2, 0.25) is 5.78 Å². The Bertz CT molecular complexity index is 715. The van der Waals surface area contributed by atoms with Crippen LogP contribution >= 0.6 is 11.6 Å². The Morgan fingerprint density at radius 3 is 1.92 bits per heavy atom. The molecule has 1 rings (SSSR count). The summed E-state index contributed by atoms with van der Waals surface area (Å²) < 4.78 is 87.9. The first-order chi connectivity index (χ1) is 11.7. The molecule has 12 heteroatoms. The van der Waals surface area contributed by atoms with Crippen molar-refractivity contribution in [2.45, 2.75) is 24.9 Å². The van der Waals surface area contributed by atoms with E-state index in [0.29, 0.717) is 5.02 Å². The highest BCUT2D eigenvalue weighted by molar-refractivity contribution is 6.30. The Balaban J connectivity index is 2.81. The van der Waals surface area contributed by atoms with Gasteiger partial charge in [-0.3, -0.25) is 15.0 Å². The lowest BCUT2D eigenvalue weighted by molar-refractivity contribution is -0.342. The second-order valence-corrected chi connectivity index (χ2v) is 5.36. The summed E-state index contributed by atoms with van der Waals surface area (Å²) in [5.41, 5.74) is 3.34. The summed E-state index contributed by atoms with van der Waals surface area (Å²) in [4.78, 5) is 22.8. The molecule has 1 amide bonds. The number of nitrogens with one attached hydrogen (secondary N) is 2. The molecule has 0 aromatic heterocycles. The smallest absolute Gasteiger partial charge is 0.303 e. The van der Waals surface area contributed by atoms with E-state index in [0.717, 1.165) is 6.92 Å². The van der Waals surface area contributed by atoms with Gasteiger partial charge in [0.05, 0.1) is 0 Å². The Hall–Kier alpha value is -2.30. The summed E-state index contributed by atoms with van der Waals surface area (Å²) in [6.45, 7) is 0.891. The predicted octanol–water partition coefficient (Wildman–Crippen LogP) is 3.88. The van der Waals surface area contributed by atoms with Gasteiger partial charge in [-0.1, -0.05) is 11.6 Å². The van der Waals surface area contributed by atoms with Gasteiger partial charge in [0.1, 0.15) is 0 Å². The third-order valence-electron chi connectivity index (χ3n) is 2.89. The van der Waals surface area contributed by atoms with E-state index in [1.54, 1.807) is 0 Å². The van der Waals surface area contributed by atoms with Crippen molar-refractivity contribution < 1.29 is 40.3 Å². The third kappa shape index (κ3) is 4.65. The van der Waals surface area contributed by atoms with Gasteiger partial charge in [0, 0.05) is 22.4 Å². The van der Waals surface area contributed by atoms with Gasteiger partial charge in [-0.15, -0.1) is 0 Å². The van der Waals surface area contributed by atoms with Gasteiger partial charge in [-0.2, -0.15) is 30.7 Å². The lowest BCUT2D eigenvalue weighted by Gasteiger charge is -2.26. The number of amides is 1. The molecule has 144 valence electrons. The average Bonchev–Trinajstić information content (AvgIpc) is 2.51. The Kier molecular flexibility index (Phi) is 6.29. The van der Waals surface area contributed by atoms with Crippen LogP contribution in [0.15, 0.2) is 36.0 Å². The van der Waals surface area contributed by atoms with Gasteiger partial charge in [-0.25, -0.2) is 0 Å². The quantitative estimate of drug-likeness (QED) is 0.428. The van der Waals surface area contributed by atoms with Crippen LogP contribution in [0.3, 0.4) is 0 Å². The largest absolute Gasteiger partial charge is 0.460 e. The first-order valence-corrected chi connectivity index (χ1v) is 6.95. The van der Waals surface area contributed by atoms with Crippen molar-refractivity contribution in [1.29, 1.82) is 0 Å². The molecular weight excluding hydrogens is 397 g/mol. The maximum Gasteiger partial charge on any atom is 0.460 e. The van der Waals surface area contributed by atoms with E-state index >= 15 is 0 Å². The molecule has 0 aliphatic rings. The number of carbonyl (C=O) groups is 2. The SMILES string of the molecule is CC(=CC(=O)C(F)(F)C(F)(F)C(F)(F)F)NNC(=O)c1ccc(Cl)cc1. The van der Waals surface area contributed by atoms with Gasteiger partial charge < -0.3 is 5.43 Å². The highest BCUT2D eigenvalue weighted by Crippen LogP contribution is 2.47. The monoisotopic (exact) mass is 406 g/mol. The highest BCUT2D eigenvalue weighted by Gasteiger charge is 2.75. The number of hydrazine groups is 1. The van der Waals surface area contributed by atoms with Crippen LogP contribution in [0.5, 0.6) is 0 Å². The van der Waals surface area contributed by atoms with Crippen LogP contribution in [0.4, 0.5) is 30.7 Å². The minimum absolute atomic E-state index is 0.0648. The summed E-state index contributed by atoms with van der Waals surface area (Å²) in [5.74, 6) is -16.2. The zero-order valence-electron chi connectivity index (χ0n) is 12.7. The topological polar surface area (TPSA) is 58.2 Å². The molecule has 1 aromatic rings. The molecule has 4 nitrogen and oxygen atoms in total. The molecule has 0 spiro atoms. The minimum atomic E-state index is -6.62. The van der Waals surface area contributed by atoms with E-state index in [1.165, 1.54) is 24.3 Å². The number of benzene rings is 1. The van der Waals surface area contributed by atoms with E-state index in [-0.39, 0.29) is 11.6 Å². The zero-order chi connectivity index (χ0) is 20.3. The second kappa shape index (κ2) is 7.52. The molecule has 0 atom stereocenters. The van der Waals surface area contributed by atoms with E-state index in [1.807, 2.05) is 10.9 Å². The van der Waals surface area contributed by atoms with Crippen molar-refractivity contribution >= 4 is 23.3 Å². The van der Waals surface area contributed by atoms with Gasteiger partial charge in [0.15, 0.2) is 0 Å². The normalized spacial score (nSPS) is 13.3. The predicted molar refractivity (Wildman–Crippen MR) is 76.8 cm³/mol. The first-order valence-electron chi connectivity index (χ1n) is 6.57. The number of hydrogen-bond acceptors (Lipinski definition) is 3. The Labute approximate surface area is 147 Å². The third-order valence-corrected chi connectivity index (χ3v) is 3.14. The summed E-state index contributed by atoms with van der Waals surface area (Å²) in [6, 6.07) is 5.31. The van der Waals surface area contributed by atoms with Crippen molar-refractivity contribution in [1.82, 2.24) is 10.9 Å². The van der Waals surface area contributed by atoms with E-state index in [4.69, 9.17) is 11.6 Å². The zero-order valence-corrected chi connectivity index (χ0v) is 13.5. The molecule has 0 radical (unpaired) electrons. The van der Waals surface area contributed by atoms with Crippen LogP contribution in [-0.2, 0) is 4.79 Å². The molecule has 0 saturated carbocycles. The summed E-state index contributed by atoms with van der Waals surface area (Å²) in [7, 11) is 0. The van der Waals surface area contributed by atoms with Crippen LogP contribution < -0.4 is 10.9 Å². The van der Waals surface area contributed by atoms with Crippen LogP contribution in [-0.4, -0.2) is 29.7 Å². The fourth-order valence-corrected chi connectivity index (χ4v) is 1.61. The van der Waals surface area contributed by atoms with Crippen LogP contribution in [0, 0.1) is 0 Å². The number of ketones is 1. The fraction of sp³-hybridized carbons (Fsp3) is 0.286. The lowest BCUT2D eigenvalue weighted by Crippen LogP contribution is -2.55. The van der Waals surface area contributed by atoms with Crippen LogP contribution in [0.25, 0.3) is 0 Å². The molecule has 0 unspecified atom stereocenters. The average molecular weight is 407 g/mol. The standard InChI is InChI=1S/C14H10ClF7N2O2/c1-7(23-24-11(26)8-2-4-9(15)5-3-8)6-10(25)12(16,17)13(18,19)14(20,21)22/h2-6,23H,1H3,(H,24,26). The number of carbonyl (C=O) groups excluding carboxylic acids is 2. The van der Waals surface area contributed by atoms with E-state index in [2.05, 4.69) is 0 Å². The van der Waals surface area contributed by atoms with Crippen molar-refractivity contribution in [3.05, 3.63) is 46.6 Å². The summed E-state index contributed by atoms with van der Waals surface area (Å²) in [6.07, 6.45) is -6.80. The number of allylic oxidation sites excluding steroid dienone is 2. The van der Waals surface area contributed by atoms with Crippen molar-refractivity contribution in [3.63, 3.8) is 0 Å². The maximum absolute atomic E-state index is 13.2. The molecule has 0 fully saturated rings. The molecule has 0 bridgehead atoms. The first kappa shape index (κ1) is 21.7. The highest BCUT2D eigenvalue weighted by atomic mass is 35.5. The van der Waals surface area contributed by atoms with Gasteiger partial charge in [-0.05, 0) is 31.2 Å². The van der Waals surface area contributed by atoms with Gasteiger partial charge in [0.25, 0.3) is 5.91 Å². The molecule has 0 aliphatic carbocycles. The lowest BCUT2D eigenvalue weighted by atomic mass is 10.1. The molecule has 0 aliphatic heterocycles. The summed E-state index contributed by atoms with van der Waals surface area (Å²) >= 11 is 5.61. The van der Waals surface area contributed by atoms with Crippen LogP contribution in [0.1, 0.15) is 17.3 Å². The Morgan fingerprint density at radius 1 is 0.962 bits per heavy atom. The molecule has 26 heavy (non-hydrogen) atoms. The van der Waals surface area contributed by atoms with Crippen molar-refractivity contribution in [2.24, 2.45) is 0 Å². The van der Waals surface area contributed by atoms with Gasteiger partial charge >= 0.3 is 18.0 Å². The van der Waals surface area contributed by atoms with E-state index < -0.39 is 35.4 Å². The maximum atomic E-state index is 13.2. The molecule has 1 aromatic carbocycles. The Morgan fingerprint density at radius 2 is 1.46 bits per heavy atom. The number of halogens is 8. The molecule has 2 N–H and O–H groups in total. The second-order valence-electron chi connectivity index (χ2n) is 4.92. The fourth-order valence-electron chi connectivity index (χ4n) is 1.48. The minimum Gasteiger partial charge on any atom is -0.303 e. The van der Waals surface area contributed by atoms with Crippen molar-refractivity contribution in [3.8, 4) is 0 Å². The van der Waals surface area contributed by atoms with Crippen LogP contribution in [0.2, 0.25) is 5.02 Å². The molecule has 0 saturated heterocycles. The summed E-state index contributed by atoms with van der Waals surface area (Å²) in [5, 5.41) is 0.323. The number of hydrogen-bond donors (Lipinski definition) is 2.